The van der Waals surface area contributed by atoms with Gasteiger partial charge in [-0.1, -0.05) is 48.5 Å². The van der Waals surface area contributed by atoms with Crippen LogP contribution in [0.2, 0.25) is 0 Å². The molecule has 0 unspecified atom stereocenters. The fourth-order valence-corrected chi connectivity index (χ4v) is 3.65. The number of amides is 1. The van der Waals surface area contributed by atoms with Crippen molar-refractivity contribution >= 4 is 22.4 Å². The Bertz CT molecular complexity index is 937. The summed E-state index contributed by atoms with van der Waals surface area (Å²) in [6.07, 6.45) is 0. The number of hydrogen-bond acceptors (Lipinski definition) is 4. The molecule has 1 N–H and O–H groups in total. The molecule has 4 rings (SSSR count). The van der Waals surface area contributed by atoms with Crippen LogP contribution in [0.3, 0.4) is 0 Å². The third-order valence-corrected chi connectivity index (χ3v) is 5.28. The van der Waals surface area contributed by atoms with Gasteiger partial charge in [0.15, 0.2) is 0 Å². The van der Waals surface area contributed by atoms with Crippen LogP contribution in [0.5, 0.6) is 5.75 Å². The van der Waals surface area contributed by atoms with Crippen molar-refractivity contribution in [3.05, 3.63) is 72.8 Å². The molecule has 0 radical (unpaired) electrons. The van der Waals surface area contributed by atoms with Gasteiger partial charge in [0.05, 0.1) is 6.54 Å². The zero-order valence-corrected chi connectivity index (χ0v) is 16.6. The van der Waals surface area contributed by atoms with Crippen molar-refractivity contribution in [3.8, 4) is 5.75 Å². The van der Waals surface area contributed by atoms with Gasteiger partial charge in [0.1, 0.15) is 12.4 Å². The van der Waals surface area contributed by atoms with Crippen LogP contribution in [0.15, 0.2) is 72.8 Å². The first kappa shape index (κ1) is 19.4. The number of carbonyl (C=O) groups excluding carboxylic acids is 1. The SMILES string of the molecule is O=C(CN1CCN(CCOc2ccccc2)CC1)Nc1ccc2ccccc2c1. The lowest BCUT2D eigenvalue weighted by Crippen LogP contribution is -2.49. The number of para-hydroxylation sites is 1. The number of hydrogen-bond donors (Lipinski definition) is 1. The fourth-order valence-electron chi connectivity index (χ4n) is 3.65. The highest BCUT2D eigenvalue weighted by Gasteiger charge is 2.19. The minimum absolute atomic E-state index is 0.0427. The molecule has 1 aliphatic rings. The quantitative estimate of drug-likeness (QED) is 0.672. The van der Waals surface area contributed by atoms with E-state index < -0.39 is 0 Å². The van der Waals surface area contributed by atoms with E-state index in [-0.39, 0.29) is 5.91 Å². The van der Waals surface area contributed by atoms with Crippen LogP contribution in [0.4, 0.5) is 5.69 Å². The van der Waals surface area contributed by atoms with E-state index in [0.717, 1.165) is 49.5 Å². The lowest BCUT2D eigenvalue weighted by molar-refractivity contribution is -0.117. The monoisotopic (exact) mass is 389 g/mol. The van der Waals surface area contributed by atoms with E-state index in [2.05, 4.69) is 27.2 Å². The van der Waals surface area contributed by atoms with Crippen molar-refractivity contribution in [3.63, 3.8) is 0 Å². The van der Waals surface area contributed by atoms with Gasteiger partial charge in [-0.15, -0.1) is 0 Å². The van der Waals surface area contributed by atoms with Gasteiger partial charge in [0, 0.05) is 38.4 Å². The van der Waals surface area contributed by atoms with Gasteiger partial charge in [-0.2, -0.15) is 0 Å². The van der Waals surface area contributed by atoms with Crippen LogP contribution < -0.4 is 10.1 Å². The Hall–Kier alpha value is -2.89. The van der Waals surface area contributed by atoms with Crippen LogP contribution in [0, 0.1) is 0 Å². The Morgan fingerprint density at radius 2 is 1.52 bits per heavy atom. The first-order valence-corrected chi connectivity index (χ1v) is 10.2. The molecule has 3 aromatic rings. The second-order valence-corrected chi connectivity index (χ2v) is 7.39. The summed E-state index contributed by atoms with van der Waals surface area (Å²) in [5, 5.41) is 5.35. The van der Waals surface area contributed by atoms with Gasteiger partial charge < -0.3 is 10.1 Å². The van der Waals surface area contributed by atoms with Crippen LogP contribution >= 0.6 is 0 Å². The molecule has 0 aliphatic carbocycles. The highest BCUT2D eigenvalue weighted by molar-refractivity contribution is 5.95. The summed E-state index contributed by atoms with van der Waals surface area (Å²) in [5.74, 6) is 0.956. The van der Waals surface area contributed by atoms with Crippen LogP contribution in [0.25, 0.3) is 10.8 Å². The van der Waals surface area contributed by atoms with E-state index in [1.54, 1.807) is 0 Å². The van der Waals surface area contributed by atoms with Crippen molar-refractivity contribution in [1.29, 1.82) is 0 Å². The Morgan fingerprint density at radius 3 is 2.31 bits per heavy atom. The van der Waals surface area contributed by atoms with Gasteiger partial charge in [-0.05, 0) is 35.0 Å². The Balaban J connectivity index is 1.18. The highest BCUT2D eigenvalue weighted by atomic mass is 16.5. The molecule has 1 fully saturated rings. The molecule has 1 amide bonds. The fraction of sp³-hybridized carbons (Fsp3) is 0.292. The summed E-state index contributed by atoms with van der Waals surface area (Å²) < 4.78 is 5.78. The molecule has 0 spiro atoms. The highest BCUT2D eigenvalue weighted by Crippen LogP contribution is 2.18. The average molecular weight is 389 g/mol. The largest absolute Gasteiger partial charge is 0.492 e. The van der Waals surface area contributed by atoms with E-state index in [0.29, 0.717) is 13.2 Å². The molecule has 0 bridgehead atoms. The van der Waals surface area contributed by atoms with Crippen molar-refractivity contribution in [2.45, 2.75) is 0 Å². The zero-order valence-electron chi connectivity index (χ0n) is 16.6. The maximum absolute atomic E-state index is 12.4. The minimum atomic E-state index is 0.0427. The summed E-state index contributed by atoms with van der Waals surface area (Å²) >= 11 is 0. The van der Waals surface area contributed by atoms with Gasteiger partial charge in [0.25, 0.3) is 0 Å². The first-order valence-electron chi connectivity index (χ1n) is 10.2. The number of fused-ring (bicyclic) bond motifs is 1. The maximum Gasteiger partial charge on any atom is 0.238 e. The molecule has 5 heteroatoms. The van der Waals surface area contributed by atoms with Crippen molar-refractivity contribution in [2.24, 2.45) is 0 Å². The second kappa shape index (κ2) is 9.54. The van der Waals surface area contributed by atoms with Crippen LogP contribution in [0.1, 0.15) is 0 Å². The Morgan fingerprint density at radius 1 is 0.828 bits per heavy atom. The molecular formula is C24H27N3O2. The molecule has 0 aromatic heterocycles. The summed E-state index contributed by atoms with van der Waals surface area (Å²) in [6, 6.07) is 24.1. The number of carbonyl (C=O) groups is 1. The average Bonchev–Trinajstić information content (AvgIpc) is 2.75. The normalized spacial score (nSPS) is 15.3. The van der Waals surface area contributed by atoms with E-state index >= 15 is 0 Å². The van der Waals surface area contributed by atoms with Gasteiger partial charge >= 0.3 is 0 Å². The van der Waals surface area contributed by atoms with Crippen LogP contribution in [-0.4, -0.2) is 61.6 Å². The molecule has 0 atom stereocenters. The molecule has 1 saturated heterocycles. The van der Waals surface area contributed by atoms with Crippen molar-refractivity contribution in [1.82, 2.24) is 9.80 Å². The zero-order chi connectivity index (χ0) is 19.9. The molecule has 1 heterocycles. The number of nitrogens with zero attached hydrogens (tertiary/aromatic N) is 2. The predicted octanol–water partition coefficient (Wildman–Crippen LogP) is 3.47. The standard InChI is InChI=1S/C24H27N3O2/c28-24(25-22-11-10-20-6-4-5-7-21(20)18-22)19-27-14-12-26(13-15-27)16-17-29-23-8-2-1-3-9-23/h1-11,18H,12-17,19H2,(H,25,28). The Labute approximate surface area is 171 Å². The Kier molecular flexibility index (Phi) is 6.39. The molecule has 5 nitrogen and oxygen atoms in total. The first-order chi connectivity index (χ1) is 14.3. The van der Waals surface area contributed by atoms with E-state index in [9.17, 15) is 4.79 Å². The lowest BCUT2D eigenvalue weighted by Gasteiger charge is -2.34. The number of benzene rings is 3. The topological polar surface area (TPSA) is 44.8 Å². The van der Waals surface area contributed by atoms with Crippen LogP contribution in [-0.2, 0) is 4.79 Å². The minimum Gasteiger partial charge on any atom is -0.492 e. The van der Waals surface area contributed by atoms with Crippen molar-refractivity contribution < 1.29 is 9.53 Å². The van der Waals surface area contributed by atoms with Gasteiger partial charge in [-0.25, -0.2) is 0 Å². The molecule has 150 valence electrons. The van der Waals surface area contributed by atoms with Crippen molar-refractivity contribution in [2.75, 3.05) is 51.2 Å². The van der Waals surface area contributed by atoms with E-state index in [4.69, 9.17) is 4.74 Å². The smallest absolute Gasteiger partial charge is 0.238 e. The summed E-state index contributed by atoms with van der Waals surface area (Å²) in [6.45, 7) is 5.75. The van der Waals surface area contributed by atoms with Gasteiger partial charge in [-0.3, -0.25) is 14.6 Å². The summed E-state index contributed by atoms with van der Waals surface area (Å²) in [4.78, 5) is 17.0. The molecule has 1 aliphatic heterocycles. The van der Waals surface area contributed by atoms with Gasteiger partial charge in [0.2, 0.25) is 5.91 Å². The summed E-state index contributed by atoms with van der Waals surface area (Å²) in [5.41, 5.74) is 0.852. The van der Waals surface area contributed by atoms with E-state index in [1.165, 1.54) is 5.39 Å². The number of rotatable bonds is 7. The number of anilines is 1. The lowest BCUT2D eigenvalue weighted by atomic mass is 10.1. The number of piperazine rings is 1. The second-order valence-electron chi connectivity index (χ2n) is 7.39. The third kappa shape index (κ3) is 5.56. The van der Waals surface area contributed by atoms with E-state index in [1.807, 2.05) is 60.7 Å². The maximum atomic E-state index is 12.4. The molecule has 0 saturated carbocycles. The predicted molar refractivity (Wildman–Crippen MR) is 117 cm³/mol. The molecular weight excluding hydrogens is 362 g/mol. The molecule has 29 heavy (non-hydrogen) atoms. The number of ether oxygens (including phenoxy) is 1. The number of nitrogens with one attached hydrogen (secondary N) is 1. The summed E-state index contributed by atoms with van der Waals surface area (Å²) in [7, 11) is 0. The molecule has 3 aromatic carbocycles. The third-order valence-electron chi connectivity index (χ3n) is 5.28.